The van der Waals surface area contributed by atoms with Crippen molar-refractivity contribution in [3.63, 3.8) is 0 Å². The van der Waals surface area contributed by atoms with Gasteiger partial charge in [0, 0.05) is 12.6 Å². The first-order chi connectivity index (χ1) is 10.2. The standard InChI is InChI=1S/C18H22BrNO/c1-3-11-21-18-10-9-15(12-17(18)19)13-20-14(2)16-7-5-4-6-8-16/h4-10,12,14,20H,3,11,13H2,1-2H3. The molecule has 0 aliphatic heterocycles. The summed E-state index contributed by atoms with van der Waals surface area (Å²) >= 11 is 3.58. The second kappa shape index (κ2) is 8.20. The van der Waals surface area contributed by atoms with Crippen LogP contribution >= 0.6 is 15.9 Å². The summed E-state index contributed by atoms with van der Waals surface area (Å²) in [4.78, 5) is 0. The average molecular weight is 348 g/mol. The molecule has 112 valence electrons. The van der Waals surface area contributed by atoms with Crippen LogP contribution in [-0.2, 0) is 6.54 Å². The molecule has 0 heterocycles. The number of nitrogens with one attached hydrogen (secondary N) is 1. The summed E-state index contributed by atoms with van der Waals surface area (Å²) in [6.45, 7) is 5.88. The van der Waals surface area contributed by atoms with Crippen LogP contribution in [0.1, 0.15) is 37.4 Å². The highest BCUT2D eigenvalue weighted by atomic mass is 79.9. The van der Waals surface area contributed by atoms with E-state index >= 15 is 0 Å². The molecule has 0 aliphatic rings. The fraction of sp³-hybridized carbons (Fsp3) is 0.333. The minimum Gasteiger partial charge on any atom is -0.492 e. The Kier molecular flexibility index (Phi) is 6.27. The molecule has 0 spiro atoms. The Labute approximate surface area is 135 Å². The van der Waals surface area contributed by atoms with Crippen LogP contribution in [0, 0.1) is 0 Å². The number of hydrogen-bond acceptors (Lipinski definition) is 2. The fourth-order valence-corrected chi connectivity index (χ4v) is 2.65. The monoisotopic (exact) mass is 347 g/mol. The molecule has 3 heteroatoms. The van der Waals surface area contributed by atoms with Gasteiger partial charge in [0.1, 0.15) is 5.75 Å². The number of benzene rings is 2. The van der Waals surface area contributed by atoms with Crippen LogP contribution in [0.4, 0.5) is 0 Å². The molecule has 0 aromatic heterocycles. The van der Waals surface area contributed by atoms with Gasteiger partial charge < -0.3 is 10.1 Å². The summed E-state index contributed by atoms with van der Waals surface area (Å²) in [5.74, 6) is 0.914. The highest BCUT2D eigenvalue weighted by Crippen LogP contribution is 2.26. The molecule has 0 saturated carbocycles. The summed E-state index contributed by atoms with van der Waals surface area (Å²) in [6.07, 6.45) is 1.02. The minimum atomic E-state index is 0.334. The van der Waals surface area contributed by atoms with Gasteiger partial charge in [-0.25, -0.2) is 0 Å². The van der Waals surface area contributed by atoms with E-state index < -0.39 is 0 Å². The number of halogens is 1. The molecule has 0 fully saturated rings. The van der Waals surface area contributed by atoms with Crippen molar-refractivity contribution in [3.8, 4) is 5.75 Å². The zero-order valence-corrected chi connectivity index (χ0v) is 14.2. The largest absolute Gasteiger partial charge is 0.492 e. The predicted molar refractivity (Wildman–Crippen MR) is 91.6 cm³/mol. The summed E-state index contributed by atoms with van der Waals surface area (Å²) in [6, 6.07) is 17.1. The Hall–Kier alpha value is -1.32. The van der Waals surface area contributed by atoms with E-state index in [1.807, 2.05) is 12.1 Å². The average Bonchev–Trinajstić information content (AvgIpc) is 2.52. The topological polar surface area (TPSA) is 21.3 Å². The normalized spacial score (nSPS) is 12.1. The van der Waals surface area contributed by atoms with Gasteiger partial charge in [0.2, 0.25) is 0 Å². The third-order valence-electron chi connectivity index (χ3n) is 3.37. The van der Waals surface area contributed by atoms with E-state index in [1.165, 1.54) is 11.1 Å². The first kappa shape index (κ1) is 16.1. The van der Waals surface area contributed by atoms with Crippen LogP contribution in [0.15, 0.2) is 53.0 Å². The van der Waals surface area contributed by atoms with E-state index in [2.05, 4.69) is 71.5 Å². The smallest absolute Gasteiger partial charge is 0.133 e. The van der Waals surface area contributed by atoms with Crippen molar-refractivity contribution in [1.29, 1.82) is 0 Å². The van der Waals surface area contributed by atoms with Gasteiger partial charge in [-0.2, -0.15) is 0 Å². The van der Waals surface area contributed by atoms with Gasteiger partial charge in [0.25, 0.3) is 0 Å². The lowest BCUT2D eigenvalue weighted by Gasteiger charge is -2.15. The van der Waals surface area contributed by atoms with Crippen molar-refractivity contribution in [2.24, 2.45) is 0 Å². The van der Waals surface area contributed by atoms with Crippen molar-refractivity contribution < 1.29 is 4.74 Å². The van der Waals surface area contributed by atoms with Crippen LogP contribution in [0.5, 0.6) is 5.75 Å². The van der Waals surface area contributed by atoms with Crippen LogP contribution in [-0.4, -0.2) is 6.61 Å². The highest BCUT2D eigenvalue weighted by molar-refractivity contribution is 9.10. The van der Waals surface area contributed by atoms with Crippen molar-refractivity contribution in [3.05, 3.63) is 64.1 Å². The molecule has 1 unspecified atom stereocenters. The van der Waals surface area contributed by atoms with Gasteiger partial charge in [0.05, 0.1) is 11.1 Å². The molecule has 0 saturated heterocycles. The lowest BCUT2D eigenvalue weighted by atomic mass is 10.1. The Morgan fingerprint density at radius 1 is 1.14 bits per heavy atom. The van der Waals surface area contributed by atoms with Gasteiger partial charge in [0.15, 0.2) is 0 Å². The Morgan fingerprint density at radius 3 is 2.57 bits per heavy atom. The summed E-state index contributed by atoms with van der Waals surface area (Å²) in [7, 11) is 0. The molecule has 0 bridgehead atoms. The number of ether oxygens (including phenoxy) is 1. The van der Waals surface area contributed by atoms with Crippen LogP contribution in [0.3, 0.4) is 0 Å². The summed E-state index contributed by atoms with van der Waals surface area (Å²) in [5.41, 5.74) is 2.55. The molecular weight excluding hydrogens is 326 g/mol. The van der Waals surface area contributed by atoms with Crippen molar-refractivity contribution in [1.82, 2.24) is 5.32 Å². The maximum absolute atomic E-state index is 5.67. The van der Waals surface area contributed by atoms with E-state index in [-0.39, 0.29) is 0 Å². The van der Waals surface area contributed by atoms with Crippen molar-refractivity contribution in [2.45, 2.75) is 32.9 Å². The molecule has 2 rings (SSSR count). The van der Waals surface area contributed by atoms with Crippen LogP contribution in [0.25, 0.3) is 0 Å². The van der Waals surface area contributed by atoms with Gasteiger partial charge in [-0.15, -0.1) is 0 Å². The molecule has 21 heavy (non-hydrogen) atoms. The summed E-state index contributed by atoms with van der Waals surface area (Å²) < 4.78 is 6.68. The van der Waals surface area contributed by atoms with E-state index in [4.69, 9.17) is 4.74 Å². The Morgan fingerprint density at radius 2 is 1.90 bits per heavy atom. The van der Waals surface area contributed by atoms with E-state index in [9.17, 15) is 0 Å². The lowest BCUT2D eigenvalue weighted by molar-refractivity contribution is 0.315. The molecule has 0 amide bonds. The molecule has 0 aliphatic carbocycles. The zero-order valence-electron chi connectivity index (χ0n) is 12.6. The summed E-state index contributed by atoms with van der Waals surface area (Å²) in [5, 5.41) is 3.54. The minimum absolute atomic E-state index is 0.334. The Bertz CT molecular complexity index is 556. The molecule has 2 aromatic carbocycles. The second-order valence-electron chi connectivity index (χ2n) is 5.13. The highest BCUT2D eigenvalue weighted by Gasteiger charge is 2.06. The SMILES string of the molecule is CCCOc1ccc(CNC(C)c2ccccc2)cc1Br. The zero-order chi connectivity index (χ0) is 15.1. The van der Waals surface area contributed by atoms with E-state index in [0.29, 0.717) is 6.04 Å². The predicted octanol–water partition coefficient (Wildman–Crippen LogP) is 5.09. The van der Waals surface area contributed by atoms with Crippen molar-refractivity contribution in [2.75, 3.05) is 6.61 Å². The van der Waals surface area contributed by atoms with Crippen molar-refractivity contribution >= 4 is 15.9 Å². The number of rotatable bonds is 7. The first-order valence-electron chi connectivity index (χ1n) is 7.40. The first-order valence-corrected chi connectivity index (χ1v) is 8.19. The number of hydrogen-bond donors (Lipinski definition) is 1. The quantitative estimate of drug-likeness (QED) is 0.753. The van der Waals surface area contributed by atoms with E-state index in [0.717, 1.165) is 29.8 Å². The van der Waals surface area contributed by atoms with E-state index in [1.54, 1.807) is 0 Å². The van der Waals surface area contributed by atoms with Gasteiger partial charge >= 0.3 is 0 Å². The van der Waals surface area contributed by atoms with Gasteiger partial charge in [-0.05, 0) is 52.5 Å². The maximum atomic E-state index is 5.67. The molecule has 1 atom stereocenters. The second-order valence-corrected chi connectivity index (χ2v) is 5.98. The van der Waals surface area contributed by atoms with Gasteiger partial charge in [-0.1, -0.05) is 43.3 Å². The maximum Gasteiger partial charge on any atom is 0.133 e. The Balaban J connectivity index is 1.93. The lowest BCUT2D eigenvalue weighted by Crippen LogP contribution is -2.18. The molecular formula is C18H22BrNO. The fourth-order valence-electron chi connectivity index (χ4n) is 2.11. The molecule has 1 N–H and O–H groups in total. The third kappa shape index (κ3) is 4.87. The van der Waals surface area contributed by atoms with Crippen LogP contribution in [0.2, 0.25) is 0 Å². The third-order valence-corrected chi connectivity index (χ3v) is 3.99. The molecule has 2 aromatic rings. The van der Waals surface area contributed by atoms with Crippen LogP contribution < -0.4 is 10.1 Å². The molecule has 0 radical (unpaired) electrons. The van der Waals surface area contributed by atoms with Gasteiger partial charge in [-0.3, -0.25) is 0 Å². The molecule has 2 nitrogen and oxygen atoms in total.